The number of rotatable bonds is 1. The van der Waals surface area contributed by atoms with E-state index in [9.17, 15) is 8.42 Å². The van der Waals surface area contributed by atoms with Crippen LogP contribution in [-0.2, 0) is 9.05 Å². The van der Waals surface area contributed by atoms with E-state index in [4.69, 9.17) is 31.8 Å². The van der Waals surface area contributed by atoms with Gasteiger partial charge in [0.1, 0.15) is 0 Å². The largest absolute Gasteiger partial charge is 0.453 e. The van der Waals surface area contributed by atoms with Crippen LogP contribution in [0.4, 0.5) is 0 Å². The number of ether oxygens (including phenoxy) is 2. The predicted octanol–water partition coefficient (Wildman–Crippen LogP) is 2.00. The number of hydrogen-bond donors (Lipinski definition) is 0. The van der Waals surface area contributed by atoms with Crippen LogP contribution >= 0.6 is 22.3 Å². The summed E-state index contributed by atoms with van der Waals surface area (Å²) < 4.78 is 32.0. The molecule has 1 heterocycles. The lowest BCUT2D eigenvalue weighted by atomic mass is 10.3. The van der Waals surface area contributed by atoms with Crippen molar-refractivity contribution in [2.75, 3.05) is 6.79 Å². The zero-order valence-electron chi connectivity index (χ0n) is 6.66. The Morgan fingerprint density at radius 3 is 2.64 bits per heavy atom. The highest BCUT2D eigenvalue weighted by Gasteiger charge is 2.22. The number of hydrogen-bond acceptors (Lipinski definition) is 4. The molecule has 0 bridgehead atoms. The fourth-order valence-corrected chi connectivity index (χ4v) is 2.19. The van der Waals surface area contributed by atoms with E-state index in [0.717, 1.165) is 0 Å². The van der Waals surface area contributed by atoms with E-state index in [1.165, 1.54) is 12.1 Å². The summed E-state index contributed by atoms with van der Waals surface area (Å²) in [6.07, 6.45) is 0. The highest BCUT2D eigenvalue weighted by molar-refractivity contribution is 8.13. The summed E-state index contributed by atoms with van der Waals surface area (Å²) >= 11 is 5.75. The Morgan fingerprint density at radius 1 is 1.29 bits per heavy atom. The molecule has 1 aliphatic rings. The van der Waals surface area contributed by atoms with E-state index in [-0.39, 0.29) is 22.5 Å². The number of halogens is 2. The fourth-order valence-electron chi connectivity index (χ4n) is 1.08. The highest BCUT2D eigenvalue weighted by Crippen LogP contribution is 2.41. The minimum Gasteiger partial charge on any atom is -0.453 e. The van der Waals surface area contributed by atoms with E-state index in [1.54, 1.807) is 0 Å². The van der Waals surface area contributed by atoms with Crippen LogP contribution in [0.1, 0.15) is 0 Å². The first-order valence-corrected chi connectivity index (χ1v) is 6.21. The van der Waals surface area contributed by atoms with E-state index in [2.05, 4.69) is 0 Å². The summed E-state index contributed by atoms with van der Waals surface area (Å²) in [7, 11) is 1.35. The van der Waals surface area contributed by atoms with Gasteiger partial charge >= 0.3 is 0 Å². The van der Waals surface area contributed by atoms with Crippen molar-refractivity contribution in [3.8, 4) is 11.5 Å². The molecule has 0 radical (unpaired) electrons. The SMILES string of the molecule is O=S(=O)(Cl)c1cc(Cl)c2c(c1)OCO2. The Hall–Kier alpha value is -0.650. The van der Waals surface area contributed by atoms with E-state index in [1.807, 2.05) is 0 Å². The van der Waals surface area contributed by atoms with Gasteiger partial charge in [-0.25, -0.2) is 8.42 Å². The molecule has 0 saturated carbocycles. The molecule has 1 aromatic rings. The average Bonchev–Trinajstić information content (AvgIpc) is 2.50. The molecule has 0 amide bonds. The van der Waals surface area contributed by atoms with Crippen LogP contribution in [0.15, 0.2) is 17.0 Å². The van der Waals surface area contributed by atoms with Crippen molar-refractivity contribution in [1.82, 2.24) is 0 Å². The summed E-state index contributed by atoms with van der Waals surface area (Å²) in [5.41, 5.74) is 0. The van der Waals surface area contributed by atoms with Crippen LogP contribution in [0.25, 0.3) is 0 Å². The molecule has 0 aliphatic carbocycles. The molecule has 14 heavy (non-hydrogen) atoms. The predicted molar refractivity (Wildman–Crippen MR) is 50.6 cm³/mol. The third-order valence-corrected chi connectivity index (χ3v) is 3.30. The molecule has 0 fully saturated rings. The zero-order valence-corrected chi connectivity index (χ0v) is 8.99. The highest BCUT2D eigenvalue weighted by atomic mass is 35.7. The average molecular weight is 255 g/mol. The van der Waals surface area contributed by atoms with Crippen molar-refractivity contribution in [2.24, 2.45) is 0 Å². The quantitative estimate of drug-likeness (QED) is 0.720. The summed E-state index contributed by atoms with van der Waals surface area (Å²) in [6, 6.07) is 2.49. The van der Waals surface area contributed by atoms with Gasteiger partial charge in [-0.1, -0.05) is 11.6 Å². The van der Waals surface area contributed by atoms with Crippen molar-refractivity contribution in [3.63, 3.8) is 0 Å². The van der Waals surface area contributed by atoms with Gasteiger partial charge in [-0.2, -0.15) is 0 Å². The summed E-state index contributed by atoms with van der Waals surface area (Å²) in [4.78, 5) is -0.103. The van der Waals surface area contributed by atoms with Gasteiger partial charge in [0, 0.05) is 16.7 Å². The lowest BCUT2D eigenvalue weighted by Crippen LogP contribution is -1.93. The zero-order chi connectivity index (χ0) is 10.3. The molecular formula is C7H4Cl2O4S. The van der Waals surface area contributed by atoms with Crippen molar-refractivity contribution in [3.05, 3.63) is 17.2 Å². The second-order valence-corrected chi connectivity index (χ2v) is 5.55. The first-order valence-electron chi connectivity index (χ1n) is 3.52. The van der Waals surface area contributed by atoms with Crippen LogP contribution in [0.3, 0.4) is 0 Å². The van der Waals surface area contributed by atoms with Crippen LogP contribution in [0, 0.1) is 0 Å². The smallest absolute Gasteiger partial charge is 0.261 e. The van der Waals surface area contributed by atoms with Crippen molar-refractivity contribution >= 4 is 31.3 Å². The summed E-state index contributed by atoms with van der Waals surface area (Å²) in [6.45, 7) is 0.0286. The second-order valence-electron chi connectivity index (χ2n) is 2.58. The molecule has 0 N–H and O–H groups in total. The number of fused-ring (bicyclic) bond motifs is 1. The molecule has 0 unspecified atom stereocenters. The van der Waals surface area contributed by atoms with Gasteiger partial charge < -0.3 is 9.47 Å². The van der Waals surface area contributed by atoms with E-state index in [0.29, 0.717) is 5.75 Å². The Labute approximate surface area is 89.8 Å². The maximum atomic E-state index is 11.0. The molecule has 1 aromatic carbocycles. The third-order valence-electron chi connectivity index (χ3n) is 1.68. The molecule has 0 atom stereocenters. The lowest BCUT2D eigenvalue weighted by Gasteiger charge is -2.01. The van der Waals surface area contributed by atoms with Crippen LogP contribution in [-0.4, -0.2) is 15.2 Å². The van der Waals surface area contributed by atoms with Gasteiger partial charge in [-0.15, -0.1) is 0 Å². The van der Waals surface area contributed by atoms with Crippen LogP contribution in [0.2, 0.25) is 5.02 Å². The first-order chi connectivity index (χ1) is 6.48. The van der Waals surface area contributed by atoms with Gasteiger partial charge in [0.15, 0.2) is 11.5 Å². The van der Waals surface area contributed by atoms with Crippen molar-refractivity contribution < 1.29 is 17.9 Å². The Morgan fingerprint density at radius 2 is 2.00 bits per heavy atom. The van der Waals surface area contributed by atoms with Crippen LogP contribution in [0.5, 0.6) is 11.5 Å². The van der Waals surface area contributed by atoms with Gasteiger partial charge in [0.25, 0.3) is 9.05 Å². The summed E-state index contributed by atoms with van der Waals surface area (Å²) in [5.74, 6) is 0.632. The van der Waals surface area contributed by atoms with Gasteiger partial charge in [0.05, 0.1) is 9.92 Å². The van der Waals surface area contributed by atoms with Gasteiger partial charge in [-0.3, -0.25) is 0 Å². The van der Waals surface area contributed by atoms with Gasteiger partial charge in [-0.05, 0) is 6.07 Å². The molecule has 1 aliphatic heterocycles. The Bertz CT molecular complexity index is 483. The molecule has 2 rings (SSSR count). The molecule has 4 nitrogen and oxygen atoms in total. The molecule has 0 spiro atoms. The van der Waals surface area contributed by atoms with Crippen molar-refractivity contribution in [1.29, 1.82) is 0 Å². The Balaban J connectivity index is 2.64. The molecule has 76 valence electrons. The normalized spacial score (nSPS) is 14.4. The monoisotopic (exact) mass is 254 g/mol. The van der Waals surface area contributed by atoms with E-state index < -0.39 is 9.05 Å². The second kappa shape index (κ2) is 3.18. The number of benzene rings is 1. The molecule has 0 saturated heterocycles. The molecule has 0 aromatic heterocycles. The first kappa shape index (κ1) is 9.89. The maximum absolute atomic E-state index is 11.0. The molecular weight excluding hydrogens is 251 g/mol. The minimum atomic E-state index is -3.79. The fraction of sp³-hybridized carbons (Fsp3) is 0.143. The topological polar surface area (TPSA) is 52.6 Å². The lowest BCUT2D eigenvalue weighted by molar-refractivity contribution is 0.174. The maximum Gasteiger partial charge on any atom is 0.261 e. The standard InChI is InChI=1S/C7H4Cl2O4S/c8-5-1-4(14(9,10)11)2-6-7(5)13-3-12-6/h1-2H,3H2. The van der Waals surface area contributed by atoms with Gasteiger partial charge in [0.2, 0.25) is 6.79 Å². The minimum absolute atomic E-state index is 0.0286. The summed E-state index contributed by atoms with van der Waals surface area (Å²) in [5, 5.41) is 0.166. The van der Waals surface area contributed by atoms with E-state index >= 15 is 0 Å². The van der Waals surface area contributed by atoms with Crippen LogP contribution < -0.4 is 9.47 Å². The van der Waals surface area contributed by atoms with Crippen molar-refractivity contribution in [2.45, 2.75) is 4.90 Å². The molecule has 7 heteroatoms. The third kappa shape index (κ3) is 1.63. The Kier molecular flexibility index (Phi) is 2.25.